The van der Waals surface area contributed by atoms with Crippen molar-refractivity contribution in [2.24, 2.45) is 5.73 Å². The molecule has 0 radical (unpaired) electrons. The first-order chi connectivity index (χ1) is 13.3. The van der Waals surface area contributed by atoms with E-state index < -0.39 is 0 Å². The summed E-state index contributed by atoms with van der Waals surface area (Å²) in [6, 6.07) is 5.41. The number of nitrogens with zero attached hydrogens (tertiary/aromatic N) is 4. The van der Waals surface area contributed by atoms with Gasteiger partial charge in [-0.05, 0) is 25.8 Å². The molecular weight excluding hydrogens is 423 g/mol. The lowest BCUT2D eigenvalue weighted by atomic mass is 9.91. The summed E-state index contributed by atoms with van der Waals surface area (Å²) < 4.78 is 1.67. The van der Waals surface area contributed by atoms with Gasteiger partial charge in [-0.2, -0.15) is 4.52 Å². The van der Waals surface area contributed by atoms with Crippen molar-refractivity contribution in [3.63, 3.8) is 0 Å². The van der Waals surface area contributed by atoms with Gasteiger partial charge in [0.25, 0.3) is 6.47 Å². The summed E-state index contributed by atoms with van der Waals surface area (Å²) in [6.07, 6.45) is 1.88. The number of hydrogen-bond donors (Lipinski definition) is 3. The number of benzene rings is 1. The van der Waals surface area contributed by atoms with Crippen molar-refractivity contribution in [2.45, 2.75) is 25.3 Å². The summed E-state index contributed by atoms with van der Waals surface area (Å²) in [4.78, 5) is 16.0. The highest BCUT2D eigenvalue weighted by atomic mass is 35.5. The van der Waals surface area contributed by atoms with Crippen LogP contribution in [0.15, 0.2) is 18.2 Å². The maximum atomic E-state index is 8.36. The number of fused-ring (bicyclic) bond motifs is 1. The van der Waals surface area contributed by atoms with E-state index in [2.05, 4.69) is 21.9 Å². The monoisotopic (exact) mass is 442 g/mol. The molecule has 3 aromatic rings. The minimum Gasteiger partial charge on any atom is -0.483 e. The van der Waals surface area contributed by atoms with Crippen LogP contribution in [0.5, 0.6) is 0 Å². The summed E-state index contributed by atoms with van der Waals surface area (Å²) in [5, 5.41) is 13.4. The summed E-state index contributed by atoms with van der Waals surface area (Å²) in [7, 11) is 0. The van der Waals surface area contributed by atoms with Gasteiger partial charge in [0.05, 0.1) is 10.0 Å². The van der Waals surface area contributed by atoms with Crippen LogP contribution in [0.3, 0.4) is 0 Å². The van der Waals surface area contributed by atoms with Gasteiger partial charge in [-0.15, -0.1) is 5.10 Å². The molecular formula is C17H20Cl2N6O2S. The minimum atomic E-state index is -0.250. The average Bonchev–Trinajstić information content (AvgIpc) is 3.18. The van der Waals surface area contributed by atoms with Gasteiger partial charge in [0.15, 0.2) is 5.82 Å². The third-order valence-electron chi connectivity index (χ3n) is 4.61. The number of nitrogens with two attached hydrogens (primary N) is 2. The predicted molar refractivity (Wildman–Crippen MR) is 113 cm³/mol. The first kappa shape index (κ1) is 20.7. The third-order valence-corrected chi connectivity index (χ3v) is 6.40. The molecule has 0 aliphatic carbocycles. The lowest BCUT2D eigenvalue weighted by Gasteiger charge is -2.36. The largest absolute Gasteiger partial charge is 0.483 e. The van der Waals surface area contributed by atoms with Gasteiger partial charge in [0.2, 0.25) is 10.1 Å². The van der Waals surface area contributed by atoms with Crippen LogP contribution in [0, 0.1) is 0 Å². The Morgan fingerprint density at radius 2 is 1.96 bits per heavy atom. The number of hydrogen-bond acceptors (Lipinski definition) is 7. The topological polar surface area (TPSA) is 123 Å². The fourth-order valence-corrected chi connectivity index (χ4v) is 4.33. The highest BCUT2D eigenvalue weighted by Gasteiger charge is 2.28. The number of halogens is 2. The highest BCUT2D eigenvalue weighted by molar-refractivity contribution is 7.20. The standard InChI is InChI=1S/C16H18Cl2N6S.CH2O2/c1-16(20)5-7-23(8-6-16)15-22-24-13(19)12(21-14(24)25-15)9-3-2-4-10(17)11(9)18;2-1-3/h2-4H,5-8,19-20H2,1H3;1H,(H,2,3). The second kappa shape index (κ2) is 8.12. The van der Waals surface area contributed by atoms with Gasteiger partial charge in [-0.3, -0.25) is 4.79 Å². The van der Waals surface area contributed by atoms with Gasteiger partial charge in [0, 0.05) is 24.2 Å². The Morgan fingerprint density at radius 3 is 2.57 bits per heavy atom. The van der Waals surface area contributed by atoms with Crippen LogP contribution in [-0.2, 0) is 4.79 Å². The molecule has 28 heavy (non-hydrogen) atoms. The molecule has 5 N–H and O–H groups in total. The van der Waals surface area contributed by atoms with Crippen molar-refractivity contribution in [2.75, 3.05) is 23.7 Å². The zero-order valence-corrected chi connectivity index (χ0v) is 17.4. The molecule has 0 spiro atoms. The van der Waals surface area contributed by atoms with E-state index >= 15 is 0 Å². The maximum Gasteiger partial charge on any atom is 0.290 e. The molecule has 1 aliphatic heterocycles. The molecule has 150 valence electrons. The number of carboxylic acid groups (broad SMARTS) is 1. The molecule has 0 atom stereocenters. The second-order valence-corrected chi connectivity index (χ2v) is 8.49. The summed E-state index contributed by atoms with van der Waals surface area (Å²) >= 11 is 13.9. The van der Waals surface area contributed by atoms with E-state index in [0.717, 1.165) is 36.0 Å². The van der Waals surface area contributed by atoms with Gasteiger partial charge < -0.3 is 21.5 Å². The Morgan fingerprint density at radius 1 is 1.32 bits per heavy atom. The summed E-state index contributed by atoms with van der Waals surface area (Å²) in [5.41, 5.74) is 13.7. The van der Waals surface area contributed by atoms with Crippen LogP contribution in [0.4, 0.5) is 10.9 Å². The van der Waals surface area contributed by atoms with Crippen molar-refractivity contribution >= 4 is 56.9 Å². The SMILES string of the molecule is CC1(N)CCN(c2nn3c(N)c(-c4cccc(Cl)c4Cl)nc3s2)CC1.O=CO. The summed E-state index contributed by atoms with van der Waals surface area (Å²) in [6.45, 7) is 3.62. The number of anilines is 2. The number of rotatable bonds is 2. The van der Waals surface area contributed by atoms with E-state index in [4.69, 9.17) is 44.6 Å². The number of aromatic nitrogens is 3. The molecule has 0 amide bonds. The molecule has 8 nitrogen and oxygen atoms in total. The molecule has 1 aromatic carbocycles. The van der Waals surface area contributed by atoms with Crippen LogP contribution >= 0.6 is 34.5 Å². The van der Waals surface area contributed by atoms with Crippen molar-refractivity contribution in [1.29, 1.82) is 0 Å². The van der Waals surface area contributed by atoms with Gasteiger partial charge in [0.1, 0.15) is 5.69 Å². The molecule has 3 heterocycles. The average molecular weight is 443 g/mol. The lowest BCUT2D eigenvalue weighted by molar-refractivity contribution is -0.122. The van der Waals surface area contributed by atoms with Gasteiger partial charge in [-0.25, -0.2) is 4.98 Å². The van der Waals surface area contributed by atoms with Crippen LogP contribution < -0.4 is 16.4 Å². The lowest BCUT2D eigenvalue weighted by Crippen LogP contribution is -2.48. The Balaban J connectivity index is 0.000000706. The van der Waals surface area contributed by atoms with E-state index in [1.165, 1.54) is 11.3 Å². The Kier molecular flexibility index (Phi) is 5.99. The molecule has 11 heteroatoms. The van der Waals surface area contributed by atoms with Crippen molar-refractivity contribution < 1.29 is 9.90 Å². The fourth-order valence-electron chi connectivity index (χ4n) is 2.98. The Labute approximate surface area is 175 Å². The van der Waals surface area contributed by atoms with Crippen molar-refractivity contribution in [3.8, 4) is 11.3 Å². The predicted octanol–water partition coefficient (Wildman–Crippen LogP) is 3.37. The maximum absolute atomic E-state index is 8.36. The van der Waals surface area contributed by atoms with E-state index in [9.17, 15) is 0 Å². The molecule has 0 unspecified atom stereocenters. The van der Waals surface area contributed by atoms with Crippen LogP contribution in [-0.4, -0.2) is 44.8 Å². The third kappa shape index (κ3) is 4.02. The van der Waals surface area contributed by atoms with E-state index in [-0.39, 0.29) is 12.0 Å². The fraction of sp³-hybridized carbons (Fsp3) is 0.353. The normalized spacial score (nSPS) is 15.9. The molecule has 1 aliphatic rings. The molecule has 0 saturated carbocycles. The van der Waals surface area contributed by atoms with Crippen molar-refractivity contribution in [1.82, 2.24) is 14.6 Å². The first-order valence-corrected chi connectivity index (χ1v) is 10.1. The number of imidazole rings is 1. The number of nitrogen functional groups attached to an aromatic ring is 1. The molecule has 2 aromatic heterocycles. The molecule has 1 saturated heterocycles. The molecule has 4 rings (SSSR count). The molecule has 0 bridgehead atoms. The van der Waals surface area contributed by atoms with E-state index in [0.29, 0.717) is 27.1 Å². The van der Waals surface area contributed by atoms with Gasteiger partial charge in [-0.1, -0.05) is 46.7 Å². The second-order valence-electron chi connectivity index (χ2n) is 6.77. The quantitative estimate of drug-likeness (QED) is 0.519. The van der Waals surface area contributed by atoms with Crippen molar-refractivity contribution in [3.05, 3.63) is 28.2 Å². The molecule has 1 fully saturated rings. The first-order valence-electron chi connectivity index (χ1n) is 8.48. The van der Waals surface area contributed by atoms with Crippen LogP contribution in [0.1, 0.15) is 19.8 Å². The van der Waals surface area contributed by atoms with Crippen LogP contribution in [0.2, 0.25) is 10.0 Å². The number of piperidine rings is 1. The zero-order valence-electron chi connectivity index (χ0n) is 15.1. The zero-order chi connectivity index (χ0) is 20.5. The minimum absolute atomic E-state index is 0.0938. The Bertz CT molecular complexity index is 993. The van der Waals surface area contributed by atoms with Crippen LogP contribution in [0.25, 0.3) is 16.2 Å². The smallest absolute Gasteiger partial charge is 0.290 e. The van der Waals surface area contributed by atoms with Gasteiger partial charge >= 0.3 is 0 Å². The Hall–Kier alpha value is -2.07. The summed E-state index contributed by atoms with van der Waals surface area (Å²) in [5.74, 6) is 0.460. The number of carbonyl (C=O) groups is 1. The van der Waals surface area contributed by atoms with E-state index in [1.54, 1.807) is 10.6 Å². The highest BCUT2D eigenvalue weighted by Crippen LogP contribution is 2.38. The van der Waals surface area contributed by atoms with E-state index in [1.807, 2.05) is 12.1 Å².